The predicted molar refractivity (Wildman–Crippen MR) is 124 cm³/mol. The van der Waals surface area contributed by atoms with E-state index in [1.54, 1.807) is 24.3 Å². The van der Waals surface area contributed by atoms with Gasteiger partial charge in [-0.1, -0.05) is 12.1 Å². The number of Topliss-reactive ketones (excluding diaryl/α,β-unsaturated/α-hetero) is 1. The highest BCUT2D eigenvalue weighted by Crippen LogP contribution is 2.43. The molecule has 1 amide bonds. The fraction of sp³-hybridized carbons (Fsp3) is 0.0833. The van der Waals surface area contributed by atoms with E-state index < -0.39 is 33.3 Å². The van der Waals surface area contributed by atoms with Gasteiger partial charge in [-0.2, -0.15) is 0 Å². The van der Waals surface area contributed by atoms with Crippen molar-refractivity contribution in [3.05, 3.63) is 110 Å². The summed E-state index contributed by atoms with van der Waals surface area (Å²) in [5, 5.41) is 33.4. The minimum absolute atomic E-state index is 0.0683. The Bertz CT molecular complexity index is 1380. The molecule has 0 spiro atoms. The van der Waals surface area contributed by atoms with Crippen LogP contribution in [0.5, 0.6) is 5.75 Å². The lowest BCUT2D eigenvalue weighted by molar-refractivity contribution is -0.385. The van der Waals surface area contributed by atoms with E-state index in [-0.39, 0.29) is 28.1 Å². The van der Waals surface area contributed by atoms with E-state index in [9.17, 15) is 34.9 Å². The van der Waals surface area contributed by atoms with Gasteiger partial charge in [-0.3, -0.25) is 34.7 Å². The second-order valence-electron chi connectivity index (χ2n) is 7.52. The van der Waals surface area contributed by atoms with Crippen molar-refractivity contribution in [2.75, 3.05) is 12.0 Å². The summed E-state index contributed by atoms with van der Waals surface area (Å²) in [5.74, 6) is -2.02. The maximum Gasteiger partial charge on any atom is 0.300 e. The summed E-state index contributed by atoms with van der Waals surface area (Å²) in [6, 6.07) is 15.2. The van der Waals surface area contributed by atoms with E-state index in [1.165, 1.54) is 43.5 Å². The van der Waals surface area contributed by atoms with Gasteiger partial charge in [0, 0.05) is 35.5 Å². The van der Waals surface area contributed by atoms with Crippen LogP contribution in [0.25, 0.3) is 5.76 Å². The van der Waals surface area contributed by atoms with E-state index in [1.807, 2.05) is 0 Å². The highest BCUT2D eigenvalue weighted by Gasteiger charge is 2.47. The van der Waals surface area contributed by atoms with Crippen molar-refractivity contribution in [3.63, 3.8) is 0 Å². The number of hydrogen-bond acceptors (Lipinski definition) is 8. The second-order valence-corrected chi connectivity index (χ2v) is 7.52. The van der Waals surface area contributed by atoms with Gasteiger partial charge < -0.3 is 9.84 Å². The Balaban J connectivity index is 1.93. The molecule has 1 saturated heterocycles. The number of non-ortho nitro benzene ring substituents is 2. The van der Waals surface area contributed by atoms with Crippen LogP contribution in [0.3, 0.4) is 0 Å². The van der Waals surface area contributed by atoms with Gasteiger partial charge in [-0.05, 0) is 42.0 Å². The first-order valence-corrected chi connectivity index (χ1v) is 10.2. The molecule has 35 heavy (non-hydrogen) atoms. The SMILES string of the molecule is COc1ccc(N2C(=O)C(=O)C(=C(O)c3ccc([N+](=O)[O-])cc3)[C@@H]2c2cccc([N+](=O)[O-])c2)cc1. The van der Waals surface area contributed by atoms with Crippen LogP contribution in [0, 0.1) is 20.2 Å². The van der Waals surface area contributed by atoms with E-state index >= 15 is 0 Å². The van der Waals surface area contributed by atoms with Gasteiger partial charge in [0.2, 0.25) is 0 Å². The third-order valence-electron chi connectivity index (χ3n) is 5.54. The van der Waals surface area contributed by atoms with Gasteiger partial charge in [0.25, 0.3) is 23.1 Å². The third-order valence-corrected chi connectivity index (χ3v) is 5.54. The van der Waals surface area contributed by atoms with Crippen LogP contribution < -0.4 is 9.64 Å². The predicted octanol–water partition coefficient (Wildman–Crippen LogP) is 4.14. The summed E-state index contributed by atoms with van der Waals surface area (Å²) < 4.78 is 5.13. The summed E-state index contributed by atoms with van der Waals surface area (Å²) in [6.07, 6.45) is 0. The molecule has 176 valence electrons. The molecule has 0 aliphatic carbocycles. The number of methoxy groups -OCH3 is 1. The zero-order valence-corrected chi connectivity index (χ0v) is 18.2. The maximum atomic E-state index is 13.1. The van der Waals surface area contributed by atoms with Crippen molar-refractivity contribution >= 4 is 34.5 Å². The average Bonchev–Trinajstić information content (AvgIpc) is 3.14. The smallest absolute Gasteiger partial charge is 0.300 e. The second kappa shape index (κ2) is 9.06. The van der Waals surface area contributed by atoms with Gasteiger partial charge in [0.05, 0.1) is 28.6 Å². The zero-order valence-electron chi connectivity index (χ0n) is 18.2. The van der Waals surface area contributed by atoms with Crippen LogP contribution >= 0.6 is 0 Å². The molecule has 1 heterocycles. The molecule has 4 rings (SSSR count). The maximum absolute atomic E-state index is 13.1. The number of nitro benzene ring substituents is 2. The lowest BCUT2D eigenvalue weighted by Crippen LogP contribution is -2.29. The molecular formula is C24H17N3O8. The van der Waals surface area contributed by atoms with Crippen LogP contribution in [0.1, 0.15) is 17.2 Å². The molecule has 3 aromatic carbocycles. The van der Waals surface area contributed by atoms with Crippen molar-refractivity contribution in [2.45, 2.75) is 6.04 Å². The minimum Gasteiger partial charge on any atom is -0.507 e. The minimum atomic E-state index is -1.20. The lowest BCUT2D eigenvalue weighted by atomic mass is 9.94. The number of carbonyl (C=O) groups is 2. The first kappa shape index (κ1) is 23.1. The summed E-state index contributed by atoms with van der Waals surface area (Å²) in [4.78, 5) is 48.5. The Hall–Kier alpha value is -5.06. The molecule has 11 nitrogen and oxygen atoms in total. The number of ether oxygens (including phenoxy) is 1. The highest BCUT2D eigenvalue weighted by molar-refractivity contribution is 6.51. The van der Waals surface area contributed by atoms with Gasteiger partial charge in [0.1, 0.15) is 11.5 Å². The van der Waals surface area contributed by atoms with E-state index in [0.717, 1.165) is 17.0 Å². The average molecular weight is 475 g/mol. The Morgan fingerprint density at radius 3 is 2.11 bits per heavy atom. The number of benzene rings is 3. The number of carbonyl (C=O) groups excluding carboxylic acids is 2. The molecule has 0 unspecified atom stereocenters. The monoisotopic (exact) mass is 475 g/mol. The molecule has 1 fully saturated rings. The summed E-state index contributed by atoms with van der Waals surface area (Å²) >= 11 is 0. The van der Waals surface area contributed by atoms with E-state index in [2.05, 4.69) is 0 Å². The number of anilines is 1. The first-order valence-electron chi connectivity index (χ1n) is 10.2. The number of nitro groups is 2. The summed E-state index contributed by atoms with van der Waals surface area (Å²) in [5.41, 5.74) is -0.211. The van der Waals surface area contributed by atoms with Crippen molar-refractivity contribution < 1.29 is 29.3 Å². The van der Waals surface area contributed by atoms with Crippen molar-refractivity contribution in [3.8, 4) is 5.75 Å². The van der Waals surface area contributed by atoms with Gasteiger partial charge >= 0.3 is 0 Å². The number of nitrogens with zero attached hydrogens (tertiary/aromatic N) is 3. The number of rotatable bonds is 6. The molecule has 3 aromatic rings. The van der Waals surface area contributed by atoms with Crippen LogP contribution in [-0.2, 0) is 9.59 Å². The Morgan fingerprint density at radius 1 is 0.914 bits per heavy atom. The van der Waals surface area contributed by atoms with Crippen molar-refractivity contribution in [1.82, 2.24) is 0 Å². The largest absolute Gasteiger partial charge is 0.507 e. The number of amides is 1. The molecule has 1 atom stereocenters. The number of ketones is 1. The normalized spacial score (nSPS) is 16.8. The number of aliphatic hydroxyl groups excluding tert-OH is 1. The molecular weight excluding hydrogens is 458 g/mol. The van der Waals surface area contributed by atoms with Crippen LogP contribution in [0.2, 0.25) is 0 Å². The van der Waals surface area contributed by atoms with E-state index in [4.69, 9.17) is 4.74 Å². The first-order chi connectivity index (χ1) is 16.7. The standard InChI is InChI=1S/C24H17N3O8/c1-35-19-11-9-16(10-12-19)25-21(15-3-2-4-18(13-15)27(33)34)20(23(29)24(25)30)22(28)14-5-7-17(8-6-14)26(31)32/h2-13,21,28H,1H3/t21-/m0/s1. The molecule has 0 bridgehead atoms. The highest BCUT2D eigenvalue weighted by atomic mass is 16.6. The topological polar surface area (TPSA) is 153 Å². The molecule has 0 saturated carbocycles. The van der Waals surface area contributed by atoms with Crippen molar-refractivity contribution in [1.29, 1.82) is 0 Å². The Kier molecular flexibility index (Phi) is 5.98. The van der Waals surface area contributed by atoms with Crippen LogP contribution in [-0.4, -0.2) is 33.8 Å². The van der Waals surface area contributed by atoms with E-state index in [0.29, 0.717) is 11.4 Å². The molecule has 11 heteroatoms. The Morgan fingerprint density at radius 2 is 1.54 bits per heavy atom. The molecule has 1 aliphatic rings. The molecule has 0 radical (unpaired) electrons. The van der Waals surface area contributed by atoms with Gasteiger partial charge in [0.15, 0.2) is 0 Å². The summed E-state index contributed by atoms with van der Waals surface area (Å²) in [6.45, 7) is 0. The fourth-order valence-electron chi connectivity index (χ4n) is 3.86. The zero-order chi connectivity index (χ0) is 25.3. The number of hydrogen-bond donors (Lipinski definition) is 1. The third kappa shape index (κ3) is 4.17. The van der Waals surface area contributed by atoms with Crippen molar-refractivity contribution in [2.24, 2.45) is 0 Å². The lowest BCUT2D eigenvalue weighted by Gasteiger charge is -2.25. The molecule has 1 aliphatic heterocycles. The quantitative estimate of drug-likeness (QED) is 0.183. The van der Waals surface area contributed by atoms with Crippen LogP contribution in [0.4, 0.5) is 17.1 Å². The molecule has 0 aromatic heterocycles. The Labute approximate surface area is 197 Å². The molecule has 1 N–H and O–H groups in total. The fourth-order valence-corrected chi connectivity index (χ4v) is 3.86. The van der Waals surface area contributed by atoms with Gasteiger partial charge in [-0.15, -0.1) is 0 Å². The number of aliphatic hydroxyl groups is 1. The summed E-state index contributed by atoms with van der Waals surface area (Å²) in [7, 11) is 1.47. The van der Waals surface area contributed by atoms with Crippen LogP contribution in [0.15, 0.2) is 78.4 Å². The van der Waals surface area contributed by atoms with Gasteiger partial charge in [-0.25, -0.2) is 0 Å².